The van der Waals surface area contributed by atoms with E-state index in [9.17, 15) is 4.79 Å². The van der Waals surface area contributed by atoms with Gasteiger partial charge in [-0.05, 0) is 13.0 Å². The minimum atomic E-state index is -0.258. The van der Waals surface area contributed by atoms with Crippen LogP contribution >= 0.6 is 0 Å². The maximum atomic E-state index is 12.0. The number of morpholine rings is 1. The minimum absolute atomic E-state index is 0.185. The predicted molar refractivity (Wildman–Crippen MR) is 104 cm³/mol. The molecule has 9 nitrogen and oxygen atoms in total. The summed E-state index contributed by atoms with van der Waals surface area (Å²) in [5.41, 5.74) is 1.35. The number of hydrogen-bond donors (Lipinski definition) is 1. The smallest absolute Gasteiger partial charge is 0.298 e. The van der Waals surface area contributed by atoms with Gasteiger partial charge in [0, 0.05) is 44.4 Å². The molecule has 0 radical (unpaired) electrons. The molecule has 28 heavy (non-hydrogen) atoms. The zero-order valence-corrected chi connectivity index (χ0v) is 16.0. The largest absolute Gasteiger partial charge is 0.377 e. The van der Waals surface area contributed by atoms with Crippen molar-refractivity contribution in [2.45, 2.75) is 13.0 Å². The van der Waals surface area contributed by atoms with Crippen LogP contribution in [0.5, 0.6) is 0 Å². The second-order valence-electron chi connectivity index (χ2n) is 6.82. The standard InChI is InChI=1S/C19H21N7O2/c1-13-12-28-9-8-25(13)17-10-14(4-5-18(27)24(2)3)15-11-21-26(19(15)22-17)16-6-7-20-23-16/h6-7,10-11,13H,8-9,12H2,1-3H3,(H,20,23)/t13-/m1/s1. The Labute approximate surface area is 162 Å². The Bertz CT molecular complexity index is 1060. The summed E-state index contributed by atoms with van der Waals surface area (Å²) < 4.78 is 7.21. The van der Waals surface area contributed by atoms with Gasteiger partial charge in [-0.2, -0.15) is 14.9 Å². The maximum Gasteiger partial charge on any atom is 0.298 e. The molecule has 1 atom stereocenters. The highest BCUT2D eigenvalue weighted by atomic mass is 16.5. The molecule has 1 fully saturated rings. The molecule has 1 aliphatic rings. The van der Waals surface area contributed by atoms with E-state index in [4.69, 9.17) is 9.72 Å². The fourth-order valence-electron chi connectivity index (χ4n) is 3.08. The normalized spacial score (nSPS) is 16.7. The highest BCUT2D eigenvalue weighted by Gasteiger charge is 2.22. The Kier molecular flexibility index (Phi) is 4.71. The molecule has 0 spiro atoms. The highest BCUT2D eigenvalue weighted by molar-refractivity contribution is 5.95. The molecule has 1 amide bonds. The van der Waals surface area contributed by atoms with Crippen molar-refractivity contribution < 1.29 is 9.53 Å². The molecule has 9 heteroatoms. The number of ether oxygens (including phenoxy) is 1. The number of fused-ring (bicyclic) bond motifs is 1. The van der Waals surface area contributed by atoms with Crippen LogP contribution in [0.1, 0.15) is 12.5 Å². The van der Waals surface area contributed by atoms with Gasteiger partial charge in [0.1, 0.15) is 5.82 Å². The first kappa shape index (κ1) is 18.0. The number of nitrogens with one attached hydrogen (secondary N) is 1. The molecule has 0 aromatic carbocycles. The Morgan fingerprint density at radius 2 is 2.25 bits per heavy atom. The van der Waals surface area contributed by atoms with Gasteiger partial charge in [0.25, 0.3) is 5.91 Å². The quantitative estimate of drug-likeness (QED) is 0.663. The zero-order chi connectivity index (χ0) is 19.7. The first-order valence-electron chi connectivity index (χ1n) is 9.01. The summed E-state index contributed by atoms with van der Waals surface area (Å²) in [7, 11) is 3.35. The third-order valence-electron chi connectivity index (χ3n) is 4.60. The lowest BCUT2D eigenvalue weighted by molar-refractivity contribution is -0.122. The number of H-pyrrole nitrogens is 1. The van der Waals surface area contributed by atoms with Crippen molar-refractivity contribution in [2.24, 2.45) is 0 Å². The van der Waals surface area contributed by atoms with Gasteiger partial charge in [-0.1, -0.05) is 5.92 Å². The molecule has 1 saturated heterocycles. The van der Waals surface area contributed by atoms with Crippen molar-refractivity contribution in [3.05, 3.63) is 30.1 Å². The first-order chi connectivity index (χ1) is 13.5. The predicted octanol–water partition coefficient (Wildman–Crippen LogP) is 0.808. The molecule has 3 aromatic heterocycles. The van der Waals surface area contributed by atoms with E-state index in [1.807, 2.05) is 12.1 Å². The molecule has 0 saturated carbocycles. The van der Waals surface area contributed by atoms with Crippen molar-refractivity contribution in [1.29, 1.82) is 0 Å². The third kappa shape index (κ3) is 3.30. The van der Waals surface area contributed by atoms with Crippen LogP contribution in [0.15, 0.2) is 24.5 Å². The lowest BCUT2D eigenvalue weighted by Crippen LogP contribution is -2.44. The Balaban J connectivity index is 1.87. The molecule has 3 aromatic rings. The molecule has 4 heterocycles. The molecule has 0 bridgehead atoms. The summed E-state index contributed by atoms with van der Waals surface area (Å²) in [6.45, 7) is 4.11. The lowest BCUT2D eigenvalue weighted by Gasteiger charge is -2.34. The van der Waals surface area contributed by atoms with E-state index < -0.39 is 0 Å². The van der Waals surface area contributed by atoms with Gasteiger partial charge in [-0.3, -0.25) is 9.89 Å². The molecular formula is C19H21N7O2. The second-order valence-corrected chi connectivity index (χ2v) is 6.82. The monoisotopic (exact) mass is 379 g/mol. The molecule has 1 aliphatic heterocycles. The van der Waals surface area contributed by atoms with E-state index in [-0.39, 0.29) is 11.9 Å². The summed E-state index contributed by atoms with van der Waals surface area (Å²) in [6, 6.07) is 3.92. The first-order valence-corrected chi connectivity index (χ1v) is 9.01. The number of pyridine rings is 1. The van der Waals surface area contributed by atoms with Gasteiger partial charge in [0.15, 0.2) is 11.5 Å². The number of aromatic amines is 1. The number of nitrogens with zero attached hydrogens (tertiary/aromatic N) is 6. The fourth-order valence-corrected chi connectivity index (χ4v) is 3.08. The topological polar surface area (TPSA) is 92.2 Å². The highest BCUT2D eigenvalue weighted by Crippen LogP contribution is 2.26. The molecular weight excluding hydrogens is 358 g/mol. The van der Waals surface area contributed by atoms with Crippen LogP contribution < -0.4 is 4.90 Å². The van der Waals surface area contributed by atoms with E-state index in [1.165, 1.54) is 4.90 Å². The van der Waals surface area contributed by atoms with Gasteiger partial charge < -0.3 is 14.5 Å². The number of amides is 1. The summed E-state index contributed by atoms with van der Waals surface area (Å²) in [5.74, 6) is 6.84. The molecule has 0 aliphatic carbocycles. The summed E-state index contributed by atoms with van der Waals surface area (Å²) in [4.78, 5) is 20.4. The van der Waals surface area contributed by atoms with Crippen molar-refractivity contribution in [1.82, 2.24) is 29.9 Å². The van der Waals surface area contributed by atoms with E-state index >= 15 is 0 Å². The number of carbonyl (C=O) groups is 1. The average molecular weight is 379 g/mol. The van der Waals surface area contributed by atoms with Crippen LogP contribution in [0.3, 0.4) is 0 Å². The van der Waals surface area contributed by atoms with Gasteiger partial charge in [-0.15, -0.1) is 0 Å². The molecule has 4 rings (SSSR count). The van der Waals surface area contributed by atoms with Crippen LogP contribution in [0.25, 0.3) is 16.9 Å². The number of rotatable bonds is 2. The average Bonchev–Trinajstić information content (AvgIpc) is 3.35. The van der Waals surface area contributed by atoms with Gasteiger partial charge in [0.2, 0.25) is 0 Å². The molecule has 1 N–H and O–H groups in total. The van der Waals surface area contributed by atoms with Crippen LogP contribution in [0.2, 0.25) is 0 Å². The fraction of sp³-hybridized carbons (Fsp3) is 0.368. The number of carbonyl (C=O) groups excluding carboxylic acids is 1. The van der Waals surface area contributed by atoms with Gasteiger partial charge in [0.05, 0.1) is 30.8 Å². The summed E-state index contributed by atoms with van der Waals surface area (Å²) in [6.07, 6.45) is 3.43. The summed E-state index contributed by atoms with van der Waals surface area (Å²) >= 11 is 0. The third-order valence-corrected chi connectivity index (χ3v) is 4.60. The van der Waals surface area contributed by atoms with E-state index in [0.717, 1.165) is 17.7 Å². The summed E-state index contributed by atoms with van der Waals surface area (Å²) in [5, 5.41) is 12.2. The Morgan fingerprint density at radius 3 is 2.96 bits per heavy atom. The van der Waals surface area contributed by atoms with E-state index in [0.29, 0.717) is 30.2 Å². The van der Waals surface area contributed by atoms with Crippen LogP contribution in [-0.2, 0) is 9.53 Å². The minimum Gasteiger partial charge on any atom is -0.377 e. The SMILES string of the molecule is C[C@@H]1COCCN1c1cc(C#CC(=O)N(C)C)c2cnn(-c3cc[nH]n3)c2n1. The van der Waals surface area contributed by atoms with Crippen molar-refractivity contribution >= 4 is 22.8 Å². The lowest BCUT2D eigenvalue weighted by atomic mass is 10.1. The zero-order valence-electron chi connectivity index (χ0n) is 16.0. The van der Waals surface area contributed by atoms with Crippen LogP contribution in [-0.4, -0.2) is 75.7 Å². The van der Waals surface area contributed by atoms with Gasteiger partial charge >= 0.3 is 0 Å². The van der Waals surface area contributed by atoms with Crippen molar-refractivity contribution in [3.63, 3.8) is 0 Å². The number of aromatic nitrogens is 5. The molecule has 144 valence electrons. The van der Waals surface area contributed by atoms with Crippen LogP contribution in [0.4, 0.5) is 5.82 Å². The van der Waals surface area contributed by atoms with E-state index in [2.05, 4.69) is 39.0 Å². The van der Waals surface area contributed by atoms with Crippen LogP contribution in [0, 0.1) is 11.8 Å². The molecule has 0 unspecified atom stereocenters. The number of hydrogen-bond acceptors (Lipinski definition) is 6. The van der Waals surface area contributed by atoms with Gasteiger partial charge in [-0.25, -0.2) is 4.98 Å². The number of anilines is 1. The van der Waals surface area contributed by atoms with Crippen molar-refractivity contribution in [3.8, 4) is 17.7 Å². The maximum absolute atomic E-state index is 12.0. The van der Waals surface area contributed by atoms with E-state index in [1.54, 1.807) is 31.2 Å². The van der Waals surface area contributed by atoms with Crippen molar-refractivity contribution in [2.75, 3.05) is 38.8 Å². The Hall–Kier alpha value is -3.38. The Morgan fingerprint density at radius 1 is 1.39 bits per heavy atom. The second kappa shape index (κ2) is 7.32.